The first-order chi connectivity index (χ1) is 10.3. The van der Waals surface area contributed by atoms with E-state index in [1.54, 1.807) is 0 Å². The summed E-state index contributed by atoms with van der Waals surface area (Å²) in [6, 6.07) is 0. The van der Waals surface area contributed by atoms with Gasteiger partial charge in [0, 0.05) is 0 Å². The highest BCUT2D eigenvalue weighted by atomic mass is 16.4. The maximum Gasteiger partial charge on any atom is 0.306 e. The second-order valence-electron chi connectivity index (χ2n) is 7.28. The summed E-state index contributed by atoms with van der Waals surface area (Å²) >= 11 is 0. The van der Waals surface area contributed by atoms with Crippen molar-refractivity contribution in [2.45, 2.75) is 77.0 Å². The van der Waals surface area contributed by atoms with Crippen molar-refractivity contribution < 1.29 is 9.90 Å². The van der Waals surface area contributed by atoms with E-state index in [4.69, 9.17) is 5.11 Å². The summed E-state index contributed by atoms with van der Waals surface area (Å²) in [5.74, 6) is 0.915. The fourth-order valence-electron chi connectivity index (χ4n) is 4.03. The Morgan fingerprint density at radius 2 is 1.24 bits per heavy atom. The van der Waals surface area contributed by atoms with Crippen molar-refractivity contribution >= 4 is 5.97 Å². The molecule has 2 N–H and O–H groups in total. The molecule has 0 aliphatic heterocycles. The van der Waals surface area contributed by atoms with E-state index in [2.05, 4.69) is 5.32 Å². The van der Waals surface area contributed by atoms with Crippen LogP contribution in [-0.4, -0.2) is 24.2 Å². The van der Waals surface area contributed by atoms with E-state index in [1.165, 1.54) is 57.9 Å². The molecule has 0 amide bonds. The molecule has 0 atom stereocenters. The maximum atomic E-state index is 11.0. The fourth-order valence-corrected chi connectivity index (χ4v) is 4.03. The van der Waals surface area contributed by atoms with Crippen LogP contribution >= 0.6 is 0 Å². The van der Waals surface area contributed by atoms with Crippen LogP contribution in [0.1, 0.15) is 77.0 Å². The first-order valence-corrected chi connectivity index (χ1v) is 9.19. The van der Waals surface area contributed by atoms with Crippen LogP contribution in [0, 0.1) is 17.8 Å². The van der Waals surface area contributed by atoms with Gasteiger partial charge in [-0.25, -0.2) is 0 Å². The molecule has 0 aromatic rings. The highest BCUT2D eigenvalue weighted by molar-refractivity contribution is 5.69. The van der Waals surface area contributed by atoms with Crippen LogP contribution in [0.4, 0.5) is 0 Å². The molecule has 2 rings (SSSR count). The third-order valence-electron chi connectivity index (χ3n) is 5.54. The Balaban J connectivity index is 1.59. The molecular formula is C18H33NO2. The Hall–Kier alpha value is -0.570. The standard InChI is InChI=1S/C18H33NO2/c20-18(21)17-11-9-16(10-12-17)14-19-13-15-7-5-3-1-2-4-6-8-15/h15-17,19H,1-14H2,(H,20,21)/t16-,17-. The summed E-state index contributed by atoms with van der Waals surface area (Å²) in [5.41, 5.74) is 0. The minimum atomic E-state index is -0.591. The lowest BCUT2D eigenvalue weighted by Crippen LogP contribution is -2.31. The lowest BCUT2D eigenvalue weighted by atomic mass is 9.82. The lowest BCUT2D eigenvalue weighted by Gasteiger charge is -2.27. The van der Waals surface area contributed by atoms with Crippen LogP contribution < -0.4 is 5.32 Å². The Morgan fingerprint density at radius 1 is 0.762 bits per heavy atom. The Kier molecular flexibility index (Phi) is 7.56. The first-order valence-electron chi connectivity index (χ1n) is 9.19. The number of aliphatic carboxylic acids is 1. The summed E-state index contributed by atoms with van der Waals surface area (Å²) in [5, 5.41) is 12.7. The van der Waals surface area contributed by atoms with Crippen LogP contribution in [0.25, 0.3) is 0 Å². The normalized spacial score (nSPS) is 29.3. The molecule has 0 bridgehead atoms. The number of nitrogens with one attached hydrogen (secondary N) is 1. The first kappa shape index (κ1) is 16.8. The van der Waals surface area contributed by atoms with E-state index in [0.717, 1.165) is 38.1 Å². The average Bonchev–Trinajstić information content (AvgIpc) is 2.62. The fraction of sp³-hybridized carbons (Fsp3) is 0.944. The number of carboxylic acid groups (broad SMARTS) is 1. The van der Waals surface area contributed by atoms with Gasteiger partial charge < -0.3 is 10.4 Å². The summed E-state index contributed by atoms with van der Waals surface area (Å²) in [4.78, 5) is 11.0. The van der Waals surface area contributed by atoms with Crippen molar-refractivity contribution in [2.75, 3.05) is 13.1 Å². The largest absolute Gasteiger partial charge is 0.481 e. The zero-order chi connectivity index (χ0) is 14.9. The van der Waals surface area contributed by atoms with Crippen LogP contribution in [0.3, 0.4) is 0 Å². The molecule has 2 saturated carbocycles. The SMILES string of the molecule is O=C(O)[C@H]1CC[C@H](CNCC2CCCCCCCC2)CC1. The Labute approximate surface area is 129 Å². The van der Waals surface area contributed by atoms with E-state index in [9.17, 15) is 4.79 Å². The van der Waals surface area contributed by atoms with Crippen molar-refractivity contribution in [1.29, 1.82) is 0 Å². The molecule has 0 saturated heterocycles. The average molecular weight is 295 g/mol. The van der Waals surface area contributed by atoms with Gasteiger partial charge in [-0.1, -0.05) is 38.5 Å². The number of carboxylic acids is 1. The van der Waals surface area contributed by atoms with Crippen LogP contribution in [0.2, 0.25) is 0 Å². The van der Waals surface area contributed by atoms with E-state index in [1.807, 2.05) is 0 Å². The predicted octanol–water partition coefficient (Wildman–Crippen LogP) is 4.22. The number of rotatable bonds is 5. The monoisotopic (exact) mass is 295 g/mol. The number of hydrogen-bond acceptors (Lipinski definition) is 2. The predicted molar refractivity (Wildman–Crippen MR) is 86.4 cm³/mol. The second-order valence-corrected chi connectivity index (χ2v) is 7.28. The molecule has 3 nitrogen and oxygen atoms in total. The third kappa shape index (κ3) is 6.37. The molecule has 0 aromatic carbocycles. The molecule has 122 valence electrons. The molecule has 0 unspecified atom stereocenters. The highest BCUT2D eigenvalue weighted by Crippen LogP contribution is 2.28. The van der Waals surface area contributed by atoms with Crippen molar-refractivity contribution in [2.24, 2.45) is 17.8 Å². The van der Waals surface area contributed by atoms with E-state index in [0.29, 0.717) is 5.92 Å². The molecule has 2 aliphatic rings. The molecule has 0 heterocycles. The molecule has 3 heteroatoms. The number of carbonyl (C=O) groups is 1. The van der Waals surface area contributed by atoms with Crippen molar-refractivity contribution in [1.82, 2.24) is 5.32 Å². The quantitative estimate of drug-likeness (QED) is 0.798. The summed E-state index contributed by atoms with van der Waals surface area (Å²) in [6.45, 7) is 2.28. The summed E-state index contributed by atoms with van der Waals surface area (Å²) < 4.78 is 0. The van der Waals surface area contributed by atoms with Gasteiger partial charge in [-0.2, -0.15) is 0 Å². The van der Waals surface area contributed by atoms with E-state index in [-0.39, 0.29) is 5.92 Å². The zero-order valence-electron chi connectivity index (χ0n) is 13.5. The molecule has 2 fully saturated rings. The van der Waals surface area contributed by atoms with Gasteiger partial charge in [-0.15, -0.1) is 0 Å². The van der Waals surface area contributed by atoms with Crippen LogP contribution in [-0.2, 0) is 4.79 Å². The van der Waals surface area contributed by atoms with Gasteiger partial charge in [0.05, 0.1) is 5.92 Å². The smallest absolute Gasteiger partial charge is 0.306 e. The van der Waals surface area contributed by atoms with Crippen molar-refractivity contribution in [3.8, 4) is 0 Å². The minimum Gasteiger partial charge on any atom is -0.481 e. The number of hydrogen-bond donors (Lipinski definition) is 2. The molecule has 0 aromatic heterocycles. The van der Waals surface area contributed by atoms with Crippen LogP contribution in [0.15, 0.2) is 0 Å². The van der Waals surface area contributed by atoms with Crippen molar-refractivity contribution in [3.05, 3.63) is 0 Å². The molecule has 2 aliphatic carbocycles. The lowest BCUT2D eigenvalue weighted by molar-refractivity contribution is -0.143. The summed E-state index contributed by atoms with van der Waals surface area (Å²) in [6.07, 6.45) is 15.3. The summed E-state index contributed by atoms with van der Waals surface area (Å²) in [7, 11) is 0. The molecule has 0 radical (unpaired) electrons. The Bertz CT molecular complexity index is 288. The minimum absolute atomic E-state index is 0.0735. The zero-order valence-corrected chi connectivity index (χ0v) is 13.5. The van der Waals surface area contributed by atoms with Gasteiger partial charge in [0.25, 0.3) is 0 Å². The molecule has 0 spiro atoms. The van der Waals surface area contributed by atoms with Gasteiger partial charge >= 0.3 is 5.97 Å². The molecular weight excluding hydrogens is 262 g/mol. The van der Waals surface area contributed by atoms with Gasteiger partial charge in [-0.3, -0.25) is 4.79 Å². The maximum absolute atomic E-state index is 11.0. The molecule has 21 heavy (non-hydrogen) atoms. The van der Waals surface area contributed by atoms with Gasteiger partial charge in [0.1, 0.15) is 0 Å². The Morgan fingerprint density at radius 3 is 1.76 bits per heavy atom. The van der Waals surface area contributed by atoms with Gasteiger partial charge in [-0.05, 0) is 63.5 Å². The van der Waals surface area contributed by atoms with Gasteiger partial charge in [0.15, 0.2) is 0 Å². The van der Waals surface area contributed by atoms with Crippen LogP contribution in [0.5, 0.6) is 0 Å². The topological polar surface area (TPSA) is 49.3 Å². The van der Waals surface area contributed by atoms with E-state index >= 15 is 0 Å². The van der Waals surface area contributed by atoms with Crippen molar-refractivity contribution in [3.63, 3.8) is 0 Å². The van der Waals surface area contributed by atoms with Gasteiger partial charge in [0.2, 0.25) is 0 Å². The second kappa shape index (κ2) is 9.45. The highest BCUT2D eigenvalue weighted by Gasteiger charge is 2.25. The third-order valence-corrected chi connectivity index (χ3v) is 5.54. The van der Waals surface area contributed by atoms with E-state index < -0.39 is 5.97 Å².